The van der Waals surface area contributed by atoms with Gasteiger partial charge < -0.3 is 14.6 Å². The van der Waals surface area contributed by atoms with E-state index in [-0.39, 0.29) is 0 Å². The molecule has 1 unspecified atom stereocenters. The average Bonchev–Trinajstić information content (AvgIpc) is 2.46. The Morgan fingerprint density at radius 2 is 2.00 bits per heavy atom. The molecule has 1 aromatic rings. The van der Waals surface area contributed by atoms with Gasteiger partial charge in [-0.05, 0) is 13.0 Å². The lowest BCUT2D eigenvalue weighted by atomic mass is 9.99. The van der Waals surface area contributed by atoms with Crippen molar-refractivity contribution in [1.29, 1.82) is 0 Å². The second-order valence-corrected chi connectivity index (χ2v) is 3.92. The molecule has 0 heterocycles. The molecular weight excluding hydrogens is 240 g/mol. The summed E-state index contributed by atoms with van der Waals surface area (Å²) in [6.07, 6.45) is 4.64. The van der Waals surface area contributed by atoms with Crippen LogP contribution in [0.4, 0.5) is 0 Å². The number of hydrogen-bond donors (Lipinski definition) is 1. The highest BCUT2D eigenvalue weighted by Crippen LogP contribution is 2.32. The highest BCUT2D eigenvalue weighted by atomic mass is 16.5. The summed E-state index contributed by atoms with van der Waals surface area (Å²) >= 11 is 0. The molecule has 3 nitrogen and oxygen atoms in total. The molecular formula is C16H20O3. The molecule has 0 spiro atoms. The van der Waals surface area contributed by atoms with Crippen LogP contribution in [0.5, 0.6) is 5.75 Å². The van der Waals surface area contributed by atoms with E-state index in [1.54, 1.807) is 19.3 Å². The summed E-state index contributed by atoms with van der Waals surface area (Å²) in [6, 6.07) is 7.33. The minimum absolute atomic E-state index is 0.427. The normalized spacial score (nSPS) is 13.4. The molecule has 3 heteroatoms. The summed E-state index contributed by atoms with van der Waals surface area (Å²) in [6.45, 7) is 5.71. The summed E-state index contributed by atoms with van der Waals surface area (Å²) in [5, 5.41) is 10.5. The molecule has 0 aromatic heterocycles. The van der Waals surface area contributed by atoms with Crippen LogP contribution in [0.3, 0.4) is 0 Å². The predicted octanol–water partition coefficient (Wildman–Crippen LogP) is 3.39. The SMILES string of the molecule is C=C(OC)/C(=C\C=C/C)C(O)c1ccccc1OC. The van der Waals surface area contributed by atoms with Crippen molar-refractivity contribution in [2.75, 3.05) is 14.2 Å². The Kier molecular flexibility index (Phi) is 5.90. The minimum Gasteiger partial charge on any atom is -0.497 e. The van der Waals surface area contributed by atoms with Gasteiger partial charge in [0.1, 0.15) is 17.6 Å². The third-order valence-electron chi connectivity index (χ3n) is 2.76. The van der Waals surface area contributed by atoms with Crippen LogP contribution in [-0.4, -0.2) is 19.3 Å². The molecule has 1 atom stereocenters. The largest absolute Gasteiger partial charge is 0.497 e. The minimum atomic E-state index is -0.847. The maximum absolute atomic E-state index is 10.5. The van der Waals surface area contributed by atoms with E-state index in [2.05, 4.69) is 6.58 Å². The molecule has 0 aliphatic rings. The fourth-order valence-corrected chi connectivity index (χ4v) is 1.71. The Labute approximate surface area is 114 Å². The van der Waals surface area contributed by atoms with E-state index in [9.17, 15) is 5.11 Å². The van der Waals surface area contributed by atoms with Crippen molar-refractivity contribution in [2.45, 2.75) is 13.0 Å². The number of ether oxygens (including phenoxy) is 2. The third-order valence-corrected chi connectivity index (χ3v) is 2.76. The Bertz CT molecular complexity index is 487. The second-order valence-electron chi connectivity index (χ2n) is 3.92. The smallest absolute Gasteiger partial charge is 0.125 e. The van der Waals surface area contributed by atoms with Gasteiger partial charge in [0.05, 0.1) is 14.2 Å². The predicted molar refractivity (Wildman–Crippen MR) is 77.0 cm³/mol. The van der Waals surface area contributed by atoms with Crippen LogP contribution in [0, 0.1) is 0 Å². The molecule has 0 saturated heterocycles. The lowest BCUT2D eigenvalue weighted by molar-refractivity contribution is 0.194. The molecule has 0 aliphatic carbocycles. The molecule has 0 radical (unpaired) electrons. The van der Waals surface area contributed by atoms with E-state index >= 15 is 0 Å². The molecule has 19 heavy (non-hydrogen) atoms. The van der Waals surface area contributed by atoms with Crippen molar-refractivity contribution in [3.8, 4) is 5.75 Å². The van der Waals surface area contributed by atoms with Crippen LogP contribution >= 0.6 is 0 Å². The number of aliphatic hydroxyl groups is 1. The van der Waals surface area contributed by atoms with Crippen LogP contribution in [0.2, 0.25) is 0 Å². The van der Waals surface area contributed by atoms with E-state index in [4.69, 9.17) is 9.47 Å². The summed E-state index contributed by atoms with van der Waals surface area (Å²) in [4.78, 5) is 0. The fraction of sp³-hybridized carbons (Fsp3) is 0.250. The fourth-order valence-electron chi connectivity index (χ4n) is 1.71. The number of allylic oxidation sites excluding steroid dienone is 3. The summed E-state index contributed by atoms with van der Waals surface area (Å²) in [5.74, 6) is 1.06. The number of benzene rings is 1. The monoisotopic (exact) mass is 260 g/mol. The zero-order valence-electron chi connectivity index (χ0n) is 11.6. The number of rotatable bonds is 6. The standard InChI is InChI=1S/C16H20O3/c1-5-6-9-13(12(2)18-3)16(17)14-10-7-8-11-15(14)19-4/h5-11,16-17H,2H2,1,3-4H3/b6-5-,13-9+. The topological polar surface area (TPSA) is 38.7 Å². The van der Waals surface area contributed by atoms with Gasteiger partial charge in [-0.15, -0.1) is 0 Å². The second kappa shape index (κ2) is 7.44. The van der Waals surface area contributed by atoms with Gasteiger partial charge in [-0.2, -0.15) is 0 Å². The van der Waals surface area contributed by atoms with Gasteiger partial charge in [0.2, 0.25) is 0 Å². The number of para-hydroxylation sites is 1. The van der Waals surface area contributed by atoms with E-state index in [1.165, 1.54) is 7.11 Å². The first-order valence-corrected chi connectivity index (χ1v) is 6.02. The zero-order valence-corrected chi connectivity index (χ0v) is 11.6. The van der Waals surface area contributed by atoms with Crippen LogP contribution in [0.1, 0.15) is 18.6 Å². The molecule has 0 bridgehead atoms. The Morgan fingerprint density at radius 3 is 2.58 bits per heavy atom. The maximum Gasteiger partial charge on any atom is 0.125 e. The van der Waals surface area contributed by atoms with Gasteiger partial charge in [-0.1, -0.05) is 43.0 Å². The van der Waals surface area contributed by atoms with Gasteiger partial charge in [0.25, 0.3) is 0 Å². The lowest BCUT2D eigenvalue weighted by Gasteiger charge is -2.18. The summed E-state index contributed by atoms with van der Waals surface area (Å²) in [7, 11) is 3.10. The summed E-state index contributed by atoms with van der Waals surface area (Å²) < 4.78 is 10.4. The van der Waals surface area contributed by atoms with Crippen LogP contribution in [-0.2, 0) is 4.74 Å². The third kappa shape index (κ3) is 3.73. The first kappa shape index (κ1) is 15.1. The van der Waals surface area contributed by atoms with Crippen molar-refractivity contribution in [3.63, 3.8) is 0 Å². The van der Waals surface area contributed by atoms with Crippen LogP contribution < -0.4 is 4.74 Å². The van der Waals surface area contributed by atoms with Crippen LogP contribution in [0.15, 0.2) is 60.4 Å². The Balaban J connectivity index is 3.19. The number of methoxy groups -OCH3 is 2. The molecule has 0 amide bonds. The quantitative estimate of drug-likeness (QED) is 0.629. The first-order chi connectivity index (χ1) is 9.15. The van der Waals surface area contributed by atoms with Gasteiger partial charge in [0, 0.05) is 11.1 Å². The van der Waals surface area contributed by atoms with Crippen molar-refractivity contribution in [3.05, 3.63) is 66.0 Å². The van der Waals surface area contributed by atoms with Gasteiger partial charge >= 0.3 is 0 Å². The number of hydrogen-bond acceptors (Lipinski definition) is 3. The number of aliphatic hydroxyl groups excluding tert-OH is 1. The lowest BCUT2D eigenvalue weighted by Crippen LogP contribution is -2.06. The van der Waals surface area contributed by atoms with E-state index < -0.39 is 6.10 Å². The van der Waals surface area contributed by atoms with Crippen LogP contribution in [0.25, 0.3) is 0 Å². The highest BCUT2D eigenvalue weighted by Gasteiger charge is 2.19. The van der Waals surface area contributed by atoms with Crippen molar-refractivity contribution in [1.82, 2.24) is 0 Å². The van der Waals surface area contributed by atoms with E-state index in [1.807, 2.05) is 37.3 Å². The summed E-state index contributed by atoms with van der Waals surface area (Å²) in [5.41, 5.74) is 1.28. The zero-order chi connectivity index (χ0) is 14.3. The van der Waals surface area contributed by atoms with Crippen molar-refractivity contribution >= 4 is 0 Å². The van der Waals surface area contributed by atoms with Gasteiger partial charge in [-0.25, -0.2) is 0 Å². The van der Waals surface area contributed by atoms with Gasteiger partial charge in [0.15, 0.2) is 0 Å². The molecule has 1 rings (SSSR count). The molecule has 0 fully saturated rings. The Morgan fingerprint density at radius 1 is 1.32 bits per heavy atom. The first-order valence-electron chi connectivity index (χ1n) is 6.02. The van der Waals surface area contributed by atoms with Crippen molar-refractivity contribution < 1.29 is 14.6 Å². The van der Waals surface area contributed by atoms with E-state index in [0.29, 0.717) is 22.6 Å². The molecule has 1 aromatic carbocycles. The molecule has 0 saturated carbocycles. The van der Waals surface area contributed by atoms with E-state index in [0.717, 1.165) is 0 Å². The molecule has 102 valence electrons. The Hall–Kier alpha value is -2.00. The molecule has 0 aliphatic heterocycles. The van der Waals surface area contributed by atoms with Gasteiger partial charge in [-0.3, -0.25) is 0 Å². The molecule has 1 N–H and O–H groups in total. The highest BCUT2D eigenvalue weighted by molar-refractivity contribution is 5.43. The maximum atomic E-state index is 10.5. The average molecular weight is 260 g/mol. The van der Waals surface area contributed by atoms with Crippen molar-refractivity contribution in [2.24, 2.45) is 0 Å².